The van der Waals surface area contributed by atoms with Crippen LogP contribution in [-0.2, 0) is 19.3 Å². The Morgan fingerprint density at radius 3 is 2.20 bits per heavy atom. The molecule has 1 saturated carbocycles. The molecule has 0 amide bonds. The molecule has 0 heterocycles. The van der Waals surface area contributed by atoms with Crippen molar-refractivity contribution in [2.45, 2.75) is 97.4 Å². The lowest BCUT2D eigenvalue weighted by molar-refractivity contribution is 0.634. The first-order valence-corrected chi connectivity index (χ1v) is 10.8. The molecule has 2 N–H and O–H groups in total. The molecular weight excluding hydrogens is 324 g/mol. The number of rotatable bonds is 9. The lowest BCUT2D eigenvalue weighted by Gasteiger charge is -2.21. The summed E-state index contributed by atoms with van der Waals surface area (Å²) in [6.07, 6.45) is 13.7. The highest BCUT2D eigenvalue weighted by Gasteiger charge is 2.17. The van der Waals surface area contributed by atoms with Gasteiger partial charge in [-0.15, -0.1) is 0 Å². The first kappa shape index (κ1) is 20.2. The minimum absolute atomic E-state index is 0.563. The highest BCUT2D eigenvalue weighted by molar-refractivity contribution is 7.80. The van der Waals surface area contributed by atoms with Crippen molar-refractivity contribution in [2.24, 2.45) is 0 Å². The average Bonchev–Trinajstić information content (AvgIpc) is 3.12. The Morgan fingerprint density at radius 2 is 1.64 bits per heavy atom. The van der Waals surface area contributed by atoms with Crippen molar-refractivity contribution < 1.29 is 0 Å². The van der Waals surface area contributed by atoms with E-state index in [1.165, 1.54) is 80.2 Å². The van der Waals surface area contributed by atoms with E-state index in [1.54, 1.807) is 0 Å². The Bertz CT molecular complexity index is 522. The fourth-order valence-corrected chi connectivity index (χ4v) is 4.13. The van der Waals surface area contributed by atoms with Gasteiger partial charge in [0.25, 0.3) is 0 Å². The number of aryl methyl sites for hydroxylation is 3. The second kappa shape index (κ2) is 10.8. The maximum absolute atomic E-state index is 5.60. The first-order valence-electron chi connectivity index (χ1n) is 10.4. The van der Waals surface area contributed by atoms with E-state index in [9.17, 15) is 0 Å². The second-order valence-electron chi connectivity index (χ2n) is 7.39. The van der Waals surface area contributed by atoms with Gasteiger partial charge in [0.05, 0.1) is 0 Å². The third-order valence-electron chi connectivity index (χ3n) is 5.37. The van der Waals surface area contributed by atoms with Crippen LogP contribution in [0.25, 0.3) is 0 Å². The van der Waals surface area contributed by atoms with Crippen molar-refractivity contribution >= 4 is 23.0 Å². The van der Waals surface area contributed by atoms with Gasteiger partial charge in [-0.2, -0.15) is 0 Å². The van der Waals surface area contributed by atoms with Gasteiger partial charge in [-0.1, -0.05) is 65.0 Å². The van der Waals surface area contributed by atoms with E-state index < -0.39 is 0 Å². The normalized spacial score (nSPS) is 14.7. The van der Waals surface area contributed by atoms with E-state index in [0.717, 1.165) is 18.0 Å². The summed E-state index contributed by atoms with van der Waals surface area (Å²) in [6.45, 7) is 6.76. The molecule has 0 aliphatic heterocycles. The highest BCUT2D eigenvalue weighted by atomic mass is 32.1. The quantitative estimate of drug-likeness (QED) is 0.407. The molecule has 0 atom stereocenters. The van der Waals surface area contributed by atoms with Crippen LogP contribution in [0.15, 0.2) is 12.1 Å². The second-order valence-corrected chi connectivity index (χ2v) is 7.79. The van der Waals surface area contributed by atoms with Crippen molar-refractivity contribution in [1.29, 1.82) is 0 Å². The number of hydrogen-bond donors (Lipinski definition) is 2. The molecule has 1 aromatic carbocycles. The Labute approximate surface area is 160 Å². The minimum Gasteiger partial charge on any atom is -0.360 e. The van der Waals surface area contributed by atoms with Crippen LogP contribution in [0, 0.1) is 0 Å². The Hall–Kier alpha value is -1.09. The summed E-state index contributed by atoms with van der Waals surface area (Å²) in [4.78, 5) is 0. The van der Waals surface area contributed by atoms with E-state index in [0.29, 0.717) is 6.04 Å². The van der Waals surface area contributed by atoms with Gasteiger partial charge in [0.2, 0.25) is 0 Å². The summed E-state index contributed by atoms with van der Waals surface area (Å²) < 4.78 is 0. The first-order chi connectivity index (χ1) is 12.2. The molecule has 1 aliphatic rings. The molecule has 0 spiro atoms. The molecule has 1 aliphatic carbocycles. The maximum Gasteiger partial charge on any atom is 0.171 e. The topological polar surface area (TPSA) is 24.1 Å². The van der Waals surface area contributed by atoms with Gasteiger partial charge in [0.1, 0.15) is 0 Å². The van der Waals surface area contributed by atoms with E-state index >= 15 is 0 Å². The van der Waals surface area contributed by atoms with Gasteiger partial charge in [0.15, 0.2) is 5.11 Å². The number of unbranched alkanes of at least 4 members (excludes halogenated alkanes) is 3. The molecule has 140 valence electrons. The Balaban J connectivity index is 2.05. The van der Waals surface area contributed by atoms with Crippen LogP contribution in [0.1, 0.15) is 88.8 Å². The van der Waals surface area contributed by atoms with E-state index in [-0.39, 0.29) is 0 Å². The summed E-state index contributed by atoms with van der Waals surface area (Å²) in [7, 11) is 0. The molecule has 1 fully saturated rings. The highest BCUT2D eigenvalue weighted by Crippen LogP contribution is 2.26. The fraction of sp³-hybridized carbons (Fsp3) is 0.682. The molecular formula is C22H36N2S. The van der Waals surface area contributed by atoms with Crippen molar-refractivity contribution in [3.05, 3.63) is 28.8 Å². The smallest absolute Gasteiger partial charge is 0.171 e. The van der Waals surface area contributed by atoms with Gasteiger partial charge in [-0.3, -0.25) is 0 Å². The zero-order chi connectivity index (χ0) is 18.1. The SMILES string of the molecule is CCCCCCc1cc(CC)c(NC(=S)NC2CCCC2)c(CC)c1. The van der Waals surface area contributed by atoms with Gasteiger partial charge >= 0.3 is 0 Å². The minimum atomic E-state index is 0.563. The summed E-state index contributed by atoms with van der Waals surface area (Å²) >= 11 is 5.60. The van der Waals surface area contributed by atoms with Gasteiger partial charge in [0, 0.05) is 11.7 Å². The lowest BCUT2D eigenvalue weighted by atomic mass is 9.96. The molecule has 2 nitrogen and oxygen atoms in total. The Morgan fingerprint density at radius 1 is 1.00 bits per heavy atom. The monoisotopic (exact) mass is 360 g/mol. The molecule has 1 aromatic rings. The van der Waals surface area contributed by atoms with Crippen LogP contribution >= 0.6 is 12.2 Å². The number of nitrogens with one attached hydrogen (secondary N) is 2. The van der Waals surface area contributed by atoms with E-state index in [2.05, 4.69) is 43.5 Å². The van der Waals surface area contributed by atoms with Crippen molar-refractivity contribution in [1.82, 2.24) is 5.32 Å². The number of hydrogen-bond acceptors (Lipinski definition) is 1. The van der Waals surface area contributed by atoms with Crippen LogP contribution < -0.4 is 10.6 Å². The van der Waals surface area contributed by atoms with Crippen LogP contribution in [0.4, 0.5) is 5.69 Å². The summed E-state index contributed by atoms with van der Waals surface area (Å²) in [5.41, 5.74) is 5.55. The van der Waals surface area contributed by atoms with Crippen molar-refractivity contribution in [3.8, 4) is 0 Å². The number of benzene rings is 1. The maximum atomic E-state index is 5.60. The zero-order valence-electron chi connectivity index (χ0n) is 16.4. The molecule has 3 heteroatoms. The molecule has 0 saturated heterocycles. The van der Waals surface area contributed by atoms with Gasteiger partial charge in [-0.25, -0.2) is 0 Å². The van der Waals surface area contributed by atoms with Gasteiger partial charge in [-0.05, 0) is 67.4 Å². The van der Waals surface area contributed by atoms with E-state index in [4.69, 9.17) is 12.2 Å². The van der Waals surface area contributed by atoms with Crippen molar-refractivity contribution in [2.75, 3.05) is 5.32 Å². The van der Waals surface area contributed by atoms with Crippen LogP contribution in [-0.4, -0.2) is 11.2 Å². The summed E-state index contributed by atoms with van der Waals surface area (Å²) in [5.74, 6) is 0. The Kier molecular flexibility index (Phi) is 8.74. The summed E-state index contributed by atoms with van der Waals surface area (Å²) in [5, 5.41) is 7.84. The summed E-state index contributed by atoms with van der Waals surface area (Å²) in [6, 6.07) is 5.35. The molecule has 0 radical (unpaired) electrons. The third-order valence-corrected chi connectivity index (χ3v) is 5.59. The third kappa shape index (κ3) is 6.29. The van der Waals surface area contributed by atoms with Crippen LogP contribution in [0.5, 0.6) is 0 Å². The molecule has 0 bridgehead atoms. The molecule has 2 rings (SSSR count). The predicted octanol–water partition coefficient (Wildman–Crippen LogP) is 6.16. The molecule has 0 aromatic heterocycles. The standard InChI is InChI=1S/C22H36N2S/c1-4-7-8-9-12-17-15-18(5-2)21(19(6-3)16-17)24-22(25)23-20-13-10-11-14-20/h15-16,20H,4-14H2,1-3H3,(H2,23,24,25). The largest absolute Gasteiger partial charge is 0.360 e. The fourth-order valence-electron chi connectivity index (χ4n) is 3.86. The molecule has 0 unspecified atom stereocenters. The molecule has 25 heavy (non-hydrogen) atoms. The van der Waals surface area contributed by atoms with Crippen LogP contribution in [0.3, 0.4) is 0 Å². The average molecular weight is 361 g/mol. The lowest BCUT2D eigenvalue weighted by Crippen LogP contribution is -2.36. The van der Waals surface area contributed by atoms with Crippen LogP contribution in [0.2, 0.25) is 0 Å². The zero-order valence-corrected chi connectivity index (χ0v) is 17.2. The van der Waals surface area contributed by atoms with Gasteiger partial charge < -0.3 is 10.6 Å². The number of anilines is 1. The van der Waals surface area contributed by atoms with E-state index in [1.807, 2.05) is 0 Å². The predicted molar refractivity (Wildman–Crippen MR) is 115 cm³/mol. The van der Waals surface area contributed by atoms with Crippen molar-refractivity contribution in [3.63, 3.8) is 0 Å². The number of thiocarbonyl (C=S) groups is 1.